The molecule has 0 unspecified atom stereocenters. The molecule has 0 nitrogen and oxygen atoms in total. The minimum atomic E-state index is 0.860. The molecule has 0 saturated carbocycles. The van der Waals surface area contributed by atoms with Gasteiger partial charge in [0, 0.05) is 6.42 Å². The Labute approximate surface area is 141 Å². The molecule has 0 aliphatic rings. The maximum atomic E-state index is 6.85. The molecule has 0 N–H and O–H groups in total. The molecule has 22 heavy (non-hydrogen) atoms. The molecule has 0 amide bonds. The highest BCUT2D eigenvalue weighted by molar-refractivity contribution is 4.74. The fourth-order valence-corrected chi connectivity index (χ4v) is 3.12. The van der Waals surface area contributed by atoms with E-state index in [-0.39, 0.29) is 0 Å². The SMILES string of the molecule is [C]#CCCCCCCCCCCCCCCCCCCCC. The van der Waals surface area contributed by atoms with E-state index in [2.05, 4.69) is 12.8 Å². The monoisotopic (exact) mass is 305 g/mol. The fraction of sp³-hybridized carbons (Fsp3) is 0.909. The minimum absolute atomic E-state index is 0.860. The van der Waals surface area contributed by atoms with Crippen molar-refractivity contribution < 1.29 is 0 Å². The summed E-state index contributed by atoms with van der Waals surface area (Å²) in [7, 11) is 0. The average Bonchev–Trinajstić information content (AvgIpc) is 2.54. The Hall–Kier alpha value is -0.440. The number of hydrogen-bond acceptors (Lipinski definition) is 0. The first kappa shape index (κ1) is 21.6. The van der Waals surface area contributed by atoms with Crippen LogP contribution in [0.2, 0.25) is 0 Å². The summed E-state index contributed by atoms with van der Waals surface area (Å²) in [6.07, 6.45) is 33.2. The smallest absolute Gasteiger partial charge is 0.00989 e. The third kappa shape index (κ3) is 19.6. The summed E-state index contributed by atoms with van der Waals surface area (Å²) < 4.78 is 0. The molecule has 0 saturated heterocycles. The molecule has 0 heteroatoms. The molecule has 0 aromatic heterocycles. The molecule has 0 rings (SSSR count). The molecule has 0 spiro atoms. The van der Waals surface area contributed by atoms with Gasteiger partial charge in [0.15, 0.2) is 0 Å². The van der Waals surface area contributed by atoms with Gasteiger partial charge in [-0.15, -0.1) is 0 Å². The van der Waals surface area contributed by atoms with Crippen LogP contribution in [0.15, 0.2) is 0 Å². The maximum absolute atomic E-state index is 6.85. The van der Waals surface area contributed by atoms with Gasteiger partial charge in [-0.2, -0.15) is 0 Å². The normalized spacial score (nSPS) is 10.7. The van der Waals surface area contributed by atoms with E-state index < -0.39 is 0 Å². The van der Waals surface area contributed by atoms with E-state index in [1.54, 1.807) is 0 Å². The van der Waals surface area contributed by atoms with Crippen LogP contribution < -0.4 is 0 Å². The first-order chi connectivity index (χ1) is 10.9. The van der Waals surface area contributed by atoms with E-state index in [0.29, 0.717) is 0 Å². The molecule has 1 radical (unpaired) electrons. The van der Waals surface area contributed by atoms with Crippen molar-refractivity contribution in [3.05, 3.63) is 6.42 Å². The molecule has 0 aliphatic heterocycles. The lowest BCUT2D eigenvalue weighted by molar-refractivity contribution is 0.525. The van der Waals surface area contributed by atoms with Crippen LogP contribution in [0.4, 0.5) is 0 Å². The zero-order valence-electron chi connectivity index (χ0n) is 15.4. The van der Waals surface area contributed by atoms with Gasteiger partial charge >= 0.3 is 0 Å². The van der Waals surface area contributed by atoms with E-state index in [4.69, 9.17) is 6.42 Å². The van der Waals surface area contributed by atoms with Gasteiger partial charge in [-0.3, -0.25) is 0 Å². The maximum Gasteiger partial charge on any atom is 0.00989 e. The van der Waals surface area contributed by atoms with Gasteiger partial charge in [0.2, 0.25) is 0 Å². The van der Waals surface area contributed by atoms with Crippen LogP contribution in [-0.2, 0) is 0 Å². The molecule has 0 fully saturated rings. The van der Waals surface area contributed by atoms with Crippen molar-refractivity contribution in [1.29, 1.82) is 0 Å². The Bertz CT molecular complexity index is 223. The number of hydrogen-bond donors (Lipinski definition) is 0. The van der Waals surface area contributed by atoms with Gasteiger partial charge < -0.3 is 0 Å². The lowest BCUT2D eigenvalue weighted by Crippen LogP contribution is -1.84. The summed E-state index contributed by atoms with van der Waals surface area (Å²) in [5.41, 5.74) is 0. The van der Waals surface area contributed by atoms with Gasteiger partial charge in [-0.25, -0.2) is 0 Å². The van der Waals surface area contributed by atoms with Gasteiger partial charge in [-0.05, 0) is 12.8 Å². The highest BCUT2D eigenvalue weighted by Crippen LogP contribution is 2.14. The predicted octanol–water partition coefficient (Wildman–Crippen LogP) is 8.01. The standard InChI is InChI=1S/C22H41/c1-3-5-7-9-11-13-15-17-19-21-22-20-18-16-14-12-10-8-6-4-2/h3,5-22H2,1H3. The zero-order valence-corrected chi connectivity index (χ0v) is 15.4. The third-order valence-corrected chi connectivity index (χ3v) is 4.66. The van der Waals surface area contributed by atoms with Crippen LogP contribution in [-0.4, -0.2) is 0 Å². The molecule has 0 heterocycles. The van der Waals surface area contributed by atoms with Crippen LogP contribution in [0.1, 0.15) is 129 Å². The van der Waals surface area contributed by atoms with E-state index in [1.807, 2.05) is 0 Å². The number of unbranched alkanes of at least 4 members (excludes halogenated alkanes) is 18. The van der Waals surface area contributed by atoms with Gasteiger partial charge in [0.25, 0.3) is 0 Å². The van der Waals surface area contributed by atoms with Crippen molar-refractivity contribution in [3.8, 4) is 5.92 Å². The second-order valence-electron chi connectivity index (χ2n) is 6.94. The van der Waals surface area contributed by atoms with Crippen molar-refractivity contribution >= 4 is 0 Å². The quantitative estimate of drug-likeness (QED) is 0.178. The van der Waals surface area contributed by atoms with E-state index in [9.17, 15) is 0 Å². The Morgan fingerprint density at radius 1 is 0.455 bits per heavy atom. The van der Waals surface area contributed by atoms with E-state index >= 15 is 0 Å². The topological polar surface area (TPSA) is 0 Å². The summed E-state index contributed by atoms with van der Waals surface area (Å²) in [6.45, 7) is 2.29. The van der Waals surface area contributed by atoms with Crippen LogP contribution in [0.3, 0.4) is 0 Å². The van der Waals surface area contributed by atoms with E-state index in [0.717, 1.165) is 6.42 Å². The molecular weight excluding hydrogens is 264 g/mol. The van der Waals surface area contributed by atoms with Gasteiger partial charge in [-0.1, -0.05) is 122 Å². The third-order valence-electron chi connectivity index (χ3n) is 4.66. The second kappa shape index (κ2) is 20.6. The van der Waals surface area contributed by atoms with Crippen molar-refractivity contribution in [2.24, 2.45) is 0 Å². The summed E-state index contributed by atoms with van der Waals surface area (Å²) in [5, 5.41) is 0. The Balaban J connectivity index is 2.93. The van der Waals surface area contributed by atoms with Gasteiger partial charge in [0.1, 0.15) is 0 Å². The Morgan fingerprint density at radius 3 is 1.00 bits per heavy atom. The number of rotatable bonds is 18. The largest absolute Gasteiger partial charge is 0.0891 e. The van der Waals surface area contributed by atoms with Crippen LogP contribution >= 0.6 is 0 Å². The molecule has 0 bridgehead atoms. The van der Waals surface area contributed by atoms with E-state index in [1.165, 1.54) is 116 Å². The predicted molar refractivity (Wildman–Crippen MR) is 101 cm³/mol. The molecule has 0 aromatic carbocycles. The van der Waals surface area contributed by atoms with Crippen LogP contribution in [0.5, 0.6) is 0 Å². The summed E-state index contributed by atoms with van der Waals surface area (Å²) in [5.74, 6) is 2.47. The lowest BCUT2D eigenvalue weighted by atomic mass is 10.0. The summed E-state index contributed by atoms with van der Waals surface area (Å²) >= 11 is 0. The highest BCUT2D eigenvalue weighted by Gasteiger charge is 1.94. The lowest BCUT2D eigenvalue weighted by Gasteiger charge is -2.03. The van der Waals surface area contributed by atoms with Crippen LogP contribution in [0, 0.1) is 12.3 Å². The highest BCUT2D eigenvalue weighted by atomic mass is 14.0. The Morgan fingerprint density at radius 2 is 0.727 bits per heavy atom. The molecule has 0 aromatic rings. The van der Waals surface area contributed by atoms with Crippen molar-refractivity contribution in [3.63, 3.8) is 0 Å². The molecular formula is C22H41. The van der Waals surface area contributed by atoms with Crippen molar-refractivity contribution in [1.82, 2.24) is 0 Å². The fourth-order valence-electron chi connectivity index (χ4n) is 3.12. The van der Waals surface area contributed by atoms with Crippen molar-refractivity contribution in [2.75, 3.05) is 0 Å². The first-order valence-electron chi connectivity index (χ1n) is 10.3. The minimum Gasteiger partial charge on any atom is -0.0891 e. The van der Waals surface area contributed by atoms with Crippen molar-refractivity contribution in [2.45, 2.75) is 129 Å². The molecule has 0 aliphatic carbocycles. The molecule has 129 valence electrons. The Kier molecular flexibility index (Phi) is 20.1. The summed E-state index contributed by atoms with van der Waals surface area (Å²) in [6, 6.07) is 0. The zero-order chi connectivity index (χ0) is 16.1. The average molecular weight is 306 g/mol. The second-order valence-corrected chi connectivity index (χ2v) is 6.94. The molecule has 0 atom stereocenters. The first-order valence-corrected chi connectivity index (χ1v) is 10.3. The summed E-state index contributed by atoms with van der Waals surface area (Å²) in [4.78, 5) is 0. The van der Waals surface area contributed by atoms with Gasteiger partial charge in [0.05, 0.1) is 0 Å². The van der Waals surface area contributed by atoms with Crippen LogP contribution in [0.25, 0.3) is 0 Å².